The molecule has 0 spiro atoms. The van der Waals surface area contributed by atoms with Crippen LogP contribution < -0.4 is 13.6 Å². The van der Waals surface area contributed by atoms with Crippen LogP contribution in [0.5, 0.6) is 17.2 Å². The second kappa shape index (κ2) is 1.86. The Morgan fingerprint density at radius 1 is 1.08 bits per heavy atom. The number of rotatable bonds is 0. The third-order valence-corrected chi connectivity index (χ3v) is 3.22. The second-order valence-electron chi connectivity index (χ2n) is 2.97. The number of benzene rings is 1. The van der Waals surface area contributed by atoms with E-state index in [4.69, 9.17) is 13.6 Å². The van der Waals surface area contributed by atoms with Crippen LogP contribution in [0.15, 0.2) is 6.07 Å². The van der Waals surface area contributed by atoms with Gasteiger partial charge in [-0.1, -0.05) is 0 Å². The number of hydrogen-bond acceptors (Lipinski definition) is 3. The van der Waals surface area contributed by atoms with Crippen LogP contribution in [0.4, 0.5) is 0 Å². The van der Waals surface area contributed by atoms with Crippen molar-refractivity contribution in [3.05, 3.63) is 17.2 Å². The van der Waals surface area contributed by atoms with Crippen LogP contribution >= 0.6 is 8.60 Å². The molecule has 0 aliphatic carbocycles. The molecule has 0 aromatic heterocycles. The van der Waals surface area contributed by atoms with Gasteiger partial charge in [0.1, 0.15) is 0 Å². The molecule has 2 aliphatic rings. The molecule has 2 aliphatic heterocycles. The normalized spacial score (nSPS) is 21.7. The second-order valence-corrected chi connectivity index (χ2v) is 3.97. The predicted octanol–water partition coefficient (Wildman–Crippen LogP) is 2.69. The van der Waals surface area contributed by atoms with Crippen molar-refractivity contribution >= 4 is 8.60 Å². The zero-order valence-corrected chi connectivity index (χ0v) is 7.64. The molecule has 4 heteroatoms. The van der Waals surface area contributed by atoms with Gasteiger partial charge in [-0.3, -0.25) is 0 Å². The topological polar surface area (TPSA) is 27.7 Å². The van der Waals surface area contributed by atoms with E-state index in [9.17, 15) is 0 Å². The minimum atomic E-state index is -1.12. The average molecular weight is 182 g/mol. The first kappa shape index (κ1) is 6.55. The van der Waals surface area contributed by atoms with E-state index < -0.39 is 8.60 Å². The highest BCUT2D eigenvalue weighted by molar-refractivity contribution is 7.44. The third-order valence-electron chi connectivity index (χ3n) is 2.21. The van der Waals surface area contributed by atoms with Gasteiger partial charge in [0.2, 0.25) is 5.75 Å². The van der Waals surface area contributed by atoms with Gasteiger partial charge in [0.15, 0.2) is 11.5 Å². The summed E-state index contributed by atoms with van der Waals surface area (Å²) < 4.78 is 16.1. The van der Waals surface area contributed by atoms with Gasteiger partial charge in [-0.2, -0.15) is 0 Å². The Morgan fingerprint density at radius 2 is 1.83 bits per heavy atom. The van der Waals surface area contributed by atoms with E-state index in [0.717, 1.165) is 22.8 Å². The highest BCUT2D eigenvalue weighted by Gasteiger charge is 2.41. The summed E-state index contributed by atoms with van der Waals surface area (Å²) in [5.41, 5.74) is 2.34. The maximum absolute atomic E-state index is 5.42. The first-order chi connectivity index (χ1) is 5.75. The maximum Gasteiger partial charge on any atom is 0.530 e. The zero-order chi connectivity index (χ0) is 8.29. The molecule has 62 valence electrons. The Labute approximate surface area is 71.2 Å². The number of hydrogen-bond donors (Lipinski definition) is 0. The summed E-state index contributed by atoms with van der Waals surface area (Å²) in [5, 5.41) is 0. The average Bonchev–Trinajstić information content (AvgIpc) is 2.58. The van der Waals surface area contributed by atoms with Gasteiger partial charge in [0, 0.05) is 0 Å². The van der Waals surface area contributed by atoms with Gasteiger partial charge in [-0.25, -0.2) is 0 Å². The van der Waals surface area contributed by atoms with Crippen LogP contribution in [0.2, 0.25) is 0 Å². The molecule has 0 saturated carbocycles. The van der Waals surface area contributed by atoms with Crippen molar-refractivity contribution in [2.45, 2.75) is 13.8 Å². The Balaban J connectivity index is 2.38. The van der Waals surface area contributed by atoms with Gasteiger partial charge in [0.25, 0.3) is 0 Å². The fourth-order valence-corrected chi connectivity index (χ4v) is 2.48. The van der Waals surface area contributed by atoms with Crippen molar-refractivity contribution in [3.63, 3.8) is 0 Å². The fraction of sp³-hybridized carbons (Fsp3) is 0.250. The SMILES string of the molecule is Cc1cc2c3c(c1C)OP(O2)O3. The minimum absolute atomic E-state index is 0.796. The summed E-state index contributed by atoms with van der Waals surface area (Å²) in [6, 6.07) is 2.00. The van der Waals surface area contributed by atoms with Crippen LogP contribution in [0.1, 0.15) is 11.1 Å². The van der Waals surface area contributed by atoms with E-state index in [1.807, 2.05) is 19.9 Å². The van der Waals surface area contributed by atoms with E-state index in [1.165, 1.54) is 5.56 Å². The maximum atomic E-state index is 5.42. The molecule has 1 atom stereocenters. The number of fused-ring (bicyclic) bond motifs is 1. The Morgan fingerprint density at radius 3 is 2.58 bits per heavy atom. The highest BCUT2D eigenvalue weighted by atomic mass is 31.2. The molecular weight excluding hydrogens is 175 g/mol. The van der Waals surface area contributed by atoms with Gasteiger partial charge in [-0.05, 0) is 31.0 Å². The molecule has 3 nitrogen and oxygen atoms in total. The van der Waals surface area contributed by atoms with Crippen molar-refractivity contribution in [2.24, 2.45) is 0 Å². The smallest absolute Gasteiger partial charge is 0.404 e. The van der Waals surface area contributed by atoms with Gasteiger partial charge in [0.05, 0.1) is 0 Å². The summed E-state index contributed by atoms with van der Waals surface area (Å²) in [6.07, 6.45) is 0. The first-order valence-corrected chi connectivity index (χ1v) is 4.83. The molecule has 0 N–H and O–H groups in total. The fourth-order valence-electron chi connectivity index (χ4n) is 1.38. The van der Waals surface area contributed by atoms with Crippen LogP contribution in [-0.2, 0) is 0 Å². The van der Waals surface area contributed by atoms with E-state index in [1.54, 1.807) is 0 Å². The summed E-state index contributed by atoms with van der Waals surface area (Å²) >= 11 is 0. The van der Waals surface area contributed by atoms with E-state index in [-0.39, 0.29) is 0 Å². The lowest BCUT2D eigenvalue weighted by Gasteiger charge is -2.11. The molecule has 1 unspecified atom stereocenters. The first-order valence-electron chi connectivity index (χ1n) is 3.74. The molecule has 1 aromatic carbocycles. The van der Waals surface area contributed by atoms with Gasteiger partial charge < -0.3 is 13.6 Å². The van der Waals surface area contributed by atoms with Crippen LogP contribution in [-0.4, -0.2) is 0 Å². The van der Waals surface area contributed by atoms with Gasteiger partial charge >= 0.3 is 8.60 Å². The van der Waals surface area contributed by atoms with Crippen molar-refractivity contribution in [3.8, 4) is 17.2 Å². The van der Waals surface area contributed by atoms with E-state index >= 15 is 0 Å². The lowest BCUT2D eigenvalue weighted by atomic mass is 10.1. The minimum Gasteiger partial charge on any atom is -0.404 e. The quantitative estimate of drug-likeness (QED) is 0.577. The van der Waals surface area contributed by atoms with Crippen LogP contribution in [0.25, 0.3) is 0 Å². The number of aryl methyl sites for hydroxylation is 1. The highest BCUT2D eigenvalue weighted by Crippen LogP contribution is 2.65. The summed E-state index contributed by atoms with van der Waals surface area (Å²) in [6.45, 7) is 4.07. The summed E-state index contributed by atoms with van der Waals surface area (Å²) in [7, 11) is -1.12. The molecule has 0 amide bonds. The molecule has 1 aromatic rings. The molecular formula is C8H7O3P. The van der Waals surface area contributed by atoms with E-state index in [2.05, 4.69) is 0 Å². The largest absolute Gasteiger partial charge is 0.530 e. The van der Waals surface area contributed by atoms with Crippen molar-refractivity contribution in [1.82, 2.24) is 0 Å². The monoisotopic (exact) mass is 182 g/mol. The summed E-state index contributed by atoms with van der Waals surface area (Å²) in [5.74, 6) is 2.51. The third kappa shape index (κ3) is 0.608. The molecule has 2 bridgehead atoms. The van der Waals surface area contributed by atoms with Crippen molar-refractivity contribution in [1.29, 1.82) is 0 Å². The lowest BCUT2D eigenvalue weighted by Crippen LogP contribution is -1.95. The molecule has 2 heterocycles. The van der Waals surface area contributed by atoms with Crippen LogP contribution in [0.3, 0.4) is 0 Å². The standard InChI is InChI=1S/C8H7O3P/c1-4-3-6-8-7(5(4)2)10-12(9-6)11-8/h3H,1-2H3. The Kier molecular flexibility index (Phi) is 1.01. The molecule has 3 rings (SSSR count). The predicted molar refractivity (Wildman–Crippen MR) is 44.7 cm³/mol. The molecule has 12 heavy (non-hydrogen) atoms. The zero-order valence-electron chi connectivity index (χ0n) is 6.75. The summed E-state index contributed by atoms with van der Waals surface area (Å²) in [4.78, 5) is 0. The van der Waals surface area contributed by atoms with Crippen molar-refractivity contribution < 1.29 is 13.6 Å². The molecule has 0 fully saturated rings. The van der Waals surface area contributed by atoms with Gasteiger partial charge in [-0.15, -0.1) is 0 Å². The molecule has 0 saturated heterocycles. The van der Waals surface area contributed by atoms with Crippen LogP contribution in [0, 0.1) is 13.8 Å². The Bertz CT molecular complexity index is 373. The van der Waals surface area contributed by atoms with Crippen molar-refractivity contribution in [2.75, 3.05) is 0 Å². The Hall–Kier alpha value is -0.950. The van der Waals surface area contributed by atoms with E-state index in [0.29, 0.717) is 0 Å². The lowest BCUT2D eigenvalue weighted by molar-refractivity contribution is 0.464. The molecule has 0 radical (unpaired) electrons.